The highest BCUT2D eigenvalue weighted by molar-refractivity contribution is 7.13. The van der Waals surface area contributed by atoms with Crippen molar-refractivity contribution in [1.29, 1.82) is 0 Å². The zero-order valence-electron chi connectivity index (χ0n) is 9.70. The molecule has 0 fully saturated rings. The van der Waals surface area contributed by atoms with Crippen LogP contribution < -0.4 is 5.73 Å². The van der Waals surface area contributed by atoms with Crippen LogP contribution in [-0.4, -0.2) is 21.9 Å². The number of thiazole rings is 1. The third kappa shape index (κ3) is 1.98. The van der Waals surface area contributed by atoms with Gasteiger partial charge in [-0.25, -0.2) is 4.98 Å². The van der Waals surface area contributed by atoms with Crippen LogP contribution >= 0.6 is 11.3 Å². The van der Waals surface area contributed by atoms with Crippen LogP contribution in [0.2, 0.25) is 0 Å². The van der Waals surface area contributed by atoms with Crippen LogP contribution in [0.15, 0.2) is 29.6 Å². The molecule has 0 bridgehead atoms. The minimum Gasteiger partial charge on any atom is -0.375 e. The normalized spacial score (nSPS) is 14.0. The van der Waals surface area contributed by atoms with Gasteiger partial charge in [0.15, 0.2) is 5.13 Å². The van der Waals surface area contributed by atoms with Crippen LogP contribution in [0.25, 0.3) is 0 Å². The molecule has 0 saturated carbocycles. The average molecular weight is 275 g/mol. The summed E-state index contributed by atoms with van der Waals surface area (Å²) in [7, 11) is 0. The van der Waals surface area contributed by atoms with Crippen LogP contribution in [0.3, 0.4) is 0 Å². The Morgan fingerprint density at radius 1 is 1.21 bits per heavy atom. The maximum atomic E-state index is 12.0. The second-order valence-electron chi connectivity index (χ2n) is 3.90. The largest absolute Gasteiger partial charge is 0.375 e. The Hall–Kier alpha value is -2.25. The lowest BCUT2D eigenvalue weighted by Gasteiger charge is -2.11. The van der Waals surface area contributed by atoms with E-state index in [1.165, 1.54) is 11.3 Å². The molecule has 0 aliphatic carbocycles. The highest BCUT2D eigenvalue weighted by Gasteiger charge is 2.36. The SMILES string of the molecule is Nc1nc(CON2C(=O)c3ccccc3C2=O)cs1. The smallest absolute Gasteiger partial charge is 0.285 e. The molecule has 1 aliphatic rings. The van der Waals surface area contributed by atoms with E-state index in [-0.39, 0.29) is 6.61 Å². The Balaban J connectivity index is 1.77. The number of benzene rings is 1. The van der Waals surface area contributed by atoms with Crippen LogP contribution in [0.1, 0.15) is 26.4 Å². The monoisotopic (exact) mass is 275 g/mol. The van der Waals surface area contributed by atoms with E-state index in [4.69, 9.17) is 10.6 Å². The number of hydrogen-bond acceptors (Lipinski definition) is 6. The number of hydrogen-bond donors (Lipinski definition) is 1. The summed E-state index contributed by atoms with van der Waals surface area (Å²) in [6, 6.07) is 6.60. The summed E-state index contributed by atoms with van der Waals surface area (Å²) >= 11 is 1.27. The van der Waals surface area contributed by atoms with E-state index in [2.05, 4.69) is 4.98 Å². The Morgan fingerprint density at radius 3 is 2.37 bits per heavy atom. The standard InChI is InChI=1S/C12H9N3O3S/c13-12-14-7(6-19-12)5-18-15-10(16)8-3-1-2-4-9(8)11(15)17/h1-4,6H,5H2,(H2,13,14). The summed E-state index contributed by atoms with van der Waals surface area (Å²) in [4.78, 5) is 33.2. The lowest BCUT2D eigenvalue weighted by Crippen LogP contribution is -2.29. The van der Waals surface area contributed by atoms with Gasteiger partial charge in [-0.2, -0.15) is 0 Å². The summed E-state index contributed by atoms with van der Waals surface area (Å²) in [6.45, 7) is 0.0270. The van der Waals surface area contributed by atoms with Crippen LogP contribution in [0.4, 0.5) is 5.13 Å². The molecule has 1 aliphatic heterocycles. The number of anilines is 1. The molecule has 0 atom stereocenters. The molecule has 1 aromatic carbocycles. The van der Waals surface area contributed by atoms with Crippen LogP contribution in [0, 0.1) is 0 Å². The summed E-state index contributed by atoms with van der Waals surface area (Å²) in [5, 5.41) is 2.90. The minimum absolute atomic E-state index is 0.0270. The fraction of sp³-hybridized carbons (Fsp3) is 0.0833. The Bertz CT molecular complexity index is 633. The van der Waals surface area contributed by atoms with E-state index in [1.54, 1.807) is 29.6 Å². The van der Waals surface area contributed by atoms with Gasteiger partial charge in [0.25, 0.3) is 11.8 Å². The maximum Gasteiger partial charge on any atom is 0.285 e. The molecule has 96 valence electrons. The van der Waals surface area contributed by atoms with Gasteiger partial charge in [0.2, 0.25) is 0 Å². The lowest BCUT2D eigenvalue weighted by molar-refractivity contribution is -0.101. The number of nitrogens with zero attached hydrogens (tertiary/aromatic N) is 2. The van der Waals surface area contributed by atoms with E-state index in [0.29, 0.717) is 22.0 Å². The van der Waals surface area contributed by atoms with Gasteiger partial charge in [0.05, 0.1) is 16.8 Å². The summed E-state index contributed by atoms with van der Waals surface area (Å²) in [6.07, 6.45) is 0. The van der Waals surface area contributed by atoms with Crippen molar-refractivity contribution >= 4 is 28.3 Å². The van der Waals surface area contributed by atoms with Crippen LogP contribution in [0.5, 0.6) is 0 Å². The predicted octanol–water partition coefficient (Wildman–Crippen LogP) is 1.45. The number of carbonyl (C=O) groups is 2. The molecule has 2 amide bonds. The van der Waals surface area contributed by atoms with Crippen molar-refractivity contribution in [2.45, 2.75) is 6.61 Å². The maximum absolute atomic E-state index is 12.0. The van der Waals surface area contributed by atoms with Crippen molar-refractivity contribution in [3.8, 4) is 0 Å². The van der Waals surface area contributed by atoms with Crippen molar-refractivity contribution in [2.75, 3.05) is 5.73 Å². The second-order valence-corrected chi connectivity index (χ2v) is 4.79. The number of amides is 2. The van der Waals surface area contributed by atoms with Gasteiger partial charge < -0.3 is 5.73 Å². The van der Waals surface area contributed by atoms with Gasteiger partial charge in [-0.05, 0) is 12.1 Å². The number of fused-ring (bicyclic) bond motifs is 1. The van der Waals surface area contributed by atoms with E-state index in [9.17, 15) is 9.59 Å². The topological polar surface area (TPSA) is 85.5 Å². The first kappa shape index (κ1) is 11.8. The van der Waals surface area contributed by atoms with Gasteiger partial charge in [-0.3, -0.25) is 14.4 Å². The fourth-order valence-corrected chi connectivity index (χ4v) is 2.35. The Labute approximate surface area is 112 Å². The number of hydroxylamine groups is 2. The molecule has 0 unspecified atom stereocenters. The minimum atomic E-state index is -0.455. The van der Waals surface area contributed by atoms with Gasteiger partial charge in [-0.1, -0.05) is 12.1 Å². The van der Waals surface area contributed by atoms with E-state index < -0.39 is 11.8 Å². The molecule has 19 heavy (non-hydrogen) atoms. The number of aromatic nitrogens is 1. The van der Waals surface area contributed by atoms with Crippen molar-refractivity contribution in [1.82, 2.24) is 10.0 Å². The average Bonchev–Trinajstić information content (AvgIpc) is 2.93. The first-order valence-corrected chi connectivity index (χ1v) is 6.35. The lowest BCUT2D eigenvalue weighted by atomic mass is 10.1. The molecule has 0 radical (unpaired) electrons. The Morgan fingerprint density at radius 2 is 1.84 bits per heavy atom. The molecule has 2 N–H and O–H groups in total. The van der Waals surface area contributed by atoms with E-state index >= 15 is 0 Å². The van der Waals surface area contributed by atoms with Crippen molar-refractivity contribution in [3.05, 3.63) is 46.5 Å². The molecule has 0 spiro atoms. The zero-order chi connectivity index (χ0) is 13.4. The highest BCUT2D eigenvalue weighted by atomic mass is 32.1. The first-order valence-electron chi connectivity index (χ1n) is 5.47. The quantitative estimate of drug-likeness (QED) is 0.857. The first-order chi connectivity index (χ1) is 9.16. The van der Waals surface area contributed by atoms with Gasteiger partial charge in [0, 0.05) is 5.38 Å². The third-order valence-corrected chi connectivity index (χ3v) is 3.39. The van der Waals surface area contributed by atoms with Gasteiger partial charge in [0.1, 0.15) is 6.61 Å². The number of nitrogens with two attached hydrogens (primary N) is 1. The third-order valence-electron chi connectivity index (χ3n) is 2.67. The van der Waals surface area contributed by atoms with Gasteiger partial charge in [-0.15, -0.1) is 16.4 Å². The molecular formula is C12H9N3O3S. The molecule has 2 aromatic rings. The number of carbonyl (C=O) groups excluding carboxylic acids is 2. The number of rotatable bonds is 3. The molecule has 2 heterocycles. The number of imide groups is 1. The fourth-order valence-electron chi connectivity index (χ4n) is 1.80. The van der Waals surface area contributed by atoms with E-state index in [1.807, 2.05) is 0 Å². The molecule has 6 nitrogen and oxygen atoms in total. The molecular weight excluding hydrogens is 266 g/mol. The summed E-state index contributed by atoms with van der Waals surface area (Å²) in [5.41, 5.74) is 6.78. The van der Waals surface area contributed by atoms with Crippen molar-refractivity contribution in [2.24, 2.45) is 0 Å². The summed E-state index contributed by atoms with van der Waals surface area (Å²) < 4.78 is 0. The summed E-state index contributed by atoms with van der Waals surface area (Å²) in [5.74, 6) is -0.910. The van der Waals surface area contributed by atoms with Crippen LogP contribution in [-0.2, 0) is 11.4 Å². The molecule has 3 rings (SSSR count). The molecule has 7 heteroatoms. The van der Waals surface area contributed by atoms with E-state index in [0.717, 1.165) is 5.06 Å². The molecule has 1 aromatic heterocycles. The predicted molar refractivity (Wildman–Crippen MR) is 68.3 cm³/mol. The Kier molecular flexibility index (Phi) is 2.77. The van der Waals surface area contributed by atoms with Crippen molar-refractivity contribution < 1.29 is 14.4 Å². The molecule has 0 saturated heterocycles. The van der Waals surface area contributed by atoms with Crippen molar-refractivity contribution in [3.63, 3.8) is 0 Å². The second kappa shape index (κ2) is 4.45. The highest BCUT2D eigenvalue weighted by Crippen LogP contribution is 2.23. The zero-order valence-corrected chi connectivity index (χ0v) is 10.5. The number of nitrogen functional groups attached to an aromatic ring is 1. The van der Waals surface area contributed by atoms with Gasteiger partial charge >= 0.3 is 0 Å².